The molecule has 0 saturated heterocycles. The highest BCUT2D eigenvalue weighted by atomic mass is 16.3. The molecule has 0 aliphatic heterocycles. The molecule has 0 aliphatic rings. The standard InChI is InChI=1S/C11H19N3O3/c1-2-13-8-9(12)10(16)14(11(13)17)6-4-3-5-7-15/h8,15H,2-7,12H2,1H3. The van der Waals surface area contributed by atoms with Crippen LogP contribution < -0.4 is 17.0 Å². The molecule has 3 N–H and O–H groups in total. The Morgan fingerprint density at radius 2 is 2.00 bits per heavy atom. The lowest BCUT2D eigenvalue weighted by Gasteiger charge is -2.09. The van der Waals surface area contributed by atoms with E-state index < -0.39 is 5.56 Å². The van der Waals surface area contributed by atoms with E-state index in [2.05, 4.69) is 0 Å². The van der Waals surface area contributed by atoms with Crippen molar-refractivity contribution in [1.29, 1.82) is 0 Å². The second-order valence-corrected chi connectivity index (χ2v) is 3.89. The molecule has 1 heterocycles. The topological polar surface area (TPSA) is 90.2 Å². The summed E-state index contributed by atoms with van der Waals surface area (Å²) in [4.78, 5) is 23.6. The number of anilines is 1. The molecule has 96 valence electrons. The van der Waals surface area contributed by atoms with E-state index in [1.165, 1.54) is 10.8 Å². The van der Waals surface area contributed by atoms with Crippen molar-refractivity contribution >= 4 is 5.69 Å². The van der Waals surface area contributed by atoms with Crippen LogP contribution in [-0.2, 0) is 13.1 Å². The fraction of sp³-hybridized carbons (Fsp3) is 0.636. The molecule has 0 unspecified atom stereocenters. The van der Waals surface area contributed by atoms with E-state index in [0.717, 1.165) is 11.0 Å². The van der Waals surface area contributed by atoms with Gasteiger partial charge in [0.15, 0.2) is 0 Å². The number of rotatable bonds is 6. The van der Waals surface area contributed by atoms with E-state index in [4.69, 9.17) is 10.8 Å². The minimum atomic E-state index is -0.427. The molecule has 0 saturated carbocycles. The Kier molecular flexibility index (Phi) is 4.96. The van der Waals surface area contributed by atoms with Crippen molar-refractivity contribution in [3.8, 4) is 0 Å². The second kappa shape index (κ2) is 6.24. The molecular formula is C11H19N3O3. The van der Waals surface area contributed by atoms with Crippen LogP contribution in [0.15, 0.2) is 15.8 Å². The number of hydrogen-bond donors (Lipinski definition) is 2. The first-order valence-corrected chi connectivity index (χ1v) is 5.82. The number of hydrogen-bond acceptors (Lipinski definition) is 4. The highest BCUT2D eigenvalue weighted by molar-refractivity contribution is 5.30. The summed E-state index contributed by atoms with van der Waals surface area (Å²) in [6.07, 6.45) is 3.53. The number of aromatic nitrogens is 2. The molecule has 6 heteroatoms. The van der Waals surface area contributed by atoms with Gasteiger partial charge in [0.1, 0.15) is 5.69 Å². The summed E-state index contributed by atoms with van der Waals surface area (Å²) in [6, 6.07) is 0. The third-order valence-electron chi connectivity index (χ3n) is 2.64. The molecule has 0 spiro atoms. The molecular weight excluding hydrogens is 222 g/mol. The molecule has 0 aliphatic carbocycles. The monoisotopic (exact) mass is 241 g/mol. The van der Waals surface area contributed by atoms with Crippen LogP contribution in [0.25, 0.3) is 0 Å². The van der Waals surface area contributed by atoms with Crippen molar-refractivity contribution in [2.45, 2.75) is 39.3 Å². The Morgan fingerprint density at radius 1 is 1.29 bits per heavy atom. The molecule has 0 bridgehead atoms. The number of unbranched alkanes of at least 4 members (excludes halogenated alkanes) is 2. The summed E-state index contributed by atoms with van der Waals surface area (Å²) in [7, 11) is 0. The Balaban J connectivity index is 2.94. The van der Waals surface area contributed by atoms with Crippen LogP contribution in [-0.4, -0.2) is 20.8 Å². The van der Waals surface area contributed by atoms with Gasteiger partial charge in [-0.3, -0.25) is 13.9 Å². The van der Waals surface area contributed by atoms with E-state index in [9.17, 15) is 9.59 Å². The van der Waals surface area contributed by atoms with E-state index in [1.54, 1.807) is 0 Å². The van der Waals surface area contributed by atoms with Gasteiger partial charge in [-0.05, 0) is 26.2 Å². The van der Waals surface area contributed by atoms with Crippen LogP contribution in [0.2, 0.25) is 0 Å². The summed E-state index contributed by atoms with van der Waals surface area (Å²) < 4.78 is 2.58. The number of aryl methyl sites for hydroxylation is 1. The van der Waals surface area contributed by atoms with Gasteiger partial charge in [-0.15, -0.1) is 0 Å². The van der Waals surface area contributed by atoms with Gasteiger partial charge in [0.05, 0.1) is 0 Å². The zero-order chi connectivity index (χ0) is 12.8. The van der Waals surface area contributed by atoms with E-state index >= 15 is 0 Å². The lowest BCUT2D eigenvalue weighted by Crippen LogP contribution is -2.40. The zero-order valence-electron chi connectivity index (χ0n) is 10.1. The van der Waals surface area contributed by atoms with Gasteiger partial charge in [-0.25, -0.2) is 4.79 Å². The number of nitrogen functional groups attached to an aromatic ring is 1. The molecule has 1 rings (SSSR count). The molecule has 1 aromatic rings. The maximum atomic E-state index is 11.9. The molecule has 0 radical (unpaired) electrons. The fourth-order valence-electron chi connectivity index (χ4n) is 1.66. The Morgan fingerprint density at radius 3 is 2.59 bits per heavy atom. The van der Waals surface area contributed by atoms with Crippen LogP contribution >= 0.6 is 0 Å². The lowest BCUT2D eigenvalue weighted by atomic mass is 10.2. The van der Waals surface area contributed by atoms with Crippen molar-refractivity contribution in [3.05, 3.63) is 27.0 Å². The maximum absolute atomic E-state index is 11.9. The van der Waals surface area contributed by atoms with E-state index in [0.29, 0.717) is 25.9 Å². The summed E-state index contributed by atoms with van der Waals surface area (Å²) in [6.45, 7) is 2.79. The predicted molar refractivity (Wildman–Crippen MR) is 66.0 cm³/mol. The van der Waals surface area contributed by atoms with Gasteiger partial charge in [0.2, 0.25) is 0 Å². The van der Waals surface area contributed by atoms with Gasteiger partial charge in [0, 0.05) is 25.9 Å². The quantitative estimate of drug-likeness (QED) is 0.673. The first-order chi connectivity index (χ1) is 8.11. The van der Waals surface area contributed by atoms with Crippen molar-refractivity contribution in [1.82, 2.24) is 9.13 Å². The Bertz CT molecular complexity index is 476. The third-order valence-corrected chi connectivity index (χ3v) is 2.64. The molecule has 0 amide bonds. The van der Waals surface area contributed by atoms with Crippen molar-refractivity contribution in [2.24, 2.45) is 0 Å². The van der Waals surface area contributed by atoms with E-state index in [-0.39, 0.29) is 18.0 Å². The van der Waals surface area contributed by atoms with Crippen molar-refractivity contribution < 1.29 is 5.11 Å². The van der Waals surface area contributed by atoms with Crippen molar-refractivity contribution in [3.63, 3.8) is 0 Å². The first kappa shape index (κ1) is 13.5. The average Bonchev–Trinajstić information content (AvgIpc) is 2.33. The smallest absolute Gasteiger partial charge is 0.331 e. The molecule has 6 nitrogen and oxygen atoms in total. The Labute approximate surface area is 99.3 Å². The average molecular weight is 241 g/mol. The Hall–Kier alpha value is -1.56. The lowest BCUT2D eigenvalue weighted by molar-refractivity contribution is 0.281. The fourth-order valence-corrected chi connectivity index (χ4v) is 1.66. The number of nitrogens with zero attached hydrogens (tertiary/aromatic N) is 2. The molecule has 0 atom stereocenters. The highest BCUT2D eigenvalue weighted by Crippen LogP contribution is 1.96. The van der Waals surface area contributed by atoms with Gasteiger partial charge >= 0.3 is 5.69 Å². The van der Waals surface area contributed by atoms with Crippen LogP contribution in [0.5, 0.6) is 0 Å². The van der Waals surface area contributed by atoms with Crippen molar-refractivity contribution in [2.75, 3.05) is 12.3 Å². The number of aliphatic hydroxyl groups is 1. The first-order valence-electron chi connectivity index (χ1n) is 5.82. The van der Waals surface area contributed by atoms with E-state index in [1.807, 2.05) is 6.92 Å². The molecule has 0 fully saturated rings. The predicted octanol–water partition coefficient (Wildman–Crippen LogP) is -0.225. The minimum absolute atomic E-state index is 0.0913. The van der Waals surface area contributed by atoms with Gasteiger partial charge in [0.25, 0.3) is 5.56 Å². The summed E-state index contributed by atoms with van der Waals surface area (Å²) in [5.74, 6) is 0. The van der Waals surface area contributed by atoms with Crippen LogP contribution in [0.3, 0.4) is 0 Å². The largest absolute Gasteiger partial charge is 0.396 e. The van der Waals surface area contributed by atoms with Crippen LogP contribution in [0, 0.1) is 0 Å². The van der Waals surface area contributed by atoms with Crippen LogP contribution in [0.4, 0.5) is 5.69 Å². The SMILES string of the molecule is CCn1cc(N)c(=O)n(CCCCCO)c1=O. The second-order valence-electron chi connectivity index (χ2n) is 3.89. The minimum Gasteiger partial charge on any atom is -0.396 e. The summed E-state index contributed by atoms with van der Waals surface area (Å²) in [5, 5.41) is 8.64. The normalized spacial score (nSPS) is 10.7. The summed E-state index contributed by atoms with van der Waals surface area (Å²) in [5.41, 5.74) is 4.90. The van der Waals surface area contributed by atoms with Gasteiger partial charge < -0.3 is 10.8 Å². The number of aliphatic hydroxyl groups excluding tert-OH is 1. The maximum Gasteiger partial charge on any atom is 0.331 e. The molecule has 1 aromatic heterocycles. The van der Waals surface area contributed by atoms with Gasteiger partial charge in [-0.1, -0.05) is 0 Å². The zero-order valence-corrected chi connectivity index (χ0v) is 10.1. The number of nitrogens with two attached hydrogens (primary N) is 1. The molecule has 17 heavy (non-hydrogen) atoms. The summed E-state index contributed by atoms with van der Waals surface area (Å²) >= 11 is 0. The van der Waals surface area contributed by atoms with Crippen LogP contribution in [0.1, 0.15) is 26.2 Å². The van der Waals surface area contributed by atoms with Gasteiger partial charge in [-0.2, -0.15) is 0 Å². The molecule has 0 aromatic carbocycles. The third kappa shape index (κ3) is 3.20. The highest BCUT2D eigenvalue weighted by Gasteiger charge is 2.07.